The van der Waals surface area contributed by atoms with Gasteiger partial charge in [-0.3, -0.25) is 0 Å². The van der Waals surface area contributed by atoms with Crippen LogP contribution in [0.1, 0.15) is 31.7 Å². The fourth-order valence-electron chi connectivity index (χ4n) is 2.30. The molecular weight excluding hydrogens is 214 g/mol. The summed E-state index contributed by atoms with van der Waals surface area (Å²) >= 11 is 0. The quantitative estimate of drug-likeness (QED) is 0.816. The zero-order valence-corrected chi connectivity index (χ0v) is 10.4. The molecule has 92 valence electrons. The first kappa shape index (κ1) is 12.1. The van der Waals surface area contributed by atoms with Crippen LogP contribution >= 0.6 is 0 Å². The number of ether oxygens (including phenoxy) is 1. The number of aromatic nitrogens is 1. The lowest BCUT2D eigenvalue weighted by molar-refractivity contribution is 0.00763. The number of rotatable bonds is 3. The van der Waals surface area contributed by atoms with Gasteiger partial charge in [-0.05, 0) is 32.3 Å². The van der Waals surface area contributed by atoms with Crippen LogP contribution in [0.2, 0.25) is 0 Å². The van der Waals surface area contributed by atoms with Crippen molar-refractivity contribution in [1.82, 2.24) is 4.98 Å². The second kappa shape index (κ2) is 4.88. The second-order valence-corrected chi connectivity index (χ2v) is 4.70. The van der Waals surface area contributed by atoms with E-state index < -0.39 is 5.60 Å². The zero-order valence-electron chi connectivity index (χ0n) is 10.4. The maximum absolute atomic E-state index is 10.6. The number of aliphatic hydroxyl groups is 1. The van der Waals surface area contributed by atoms with E-state index in [-0.39, 0.29) is 5.92 Å². The topological polar surface area (TPSA) is 42.4 Å². The van der Waals surface area contributed by atoms with Crippen molar-refractivity contribution in [3.05, 3.63) is 36.0 Å². The minimum atomic E-state index is -0.851. The Hall–Kier alpha value is -1.35. The van der Waals surface area contributed by atoms with Crippen molar-refractivity contribution in [1.29, 1.82) is 0 Å². The normalized spacial score (nSPS) is 23.1. The molecule has 0 unspecified atom stereocenters. The van der Waals surface area contributed by atoms with E-state index in [1.807, 2.05) is 13.0 Å². The lowest BCUT2D eigenvalue weighted by atomic mass is 9.78. The van der Waals surface area contributed by atoms with Gasteiger partial charge in [-0.15, -0.1) is 0 Å². The van der Waals surface area contributed by atoms with Crippen LogP contribution in [-0.2, 0) is 5.60 Å². The van der Waals surface area contributed by atoms with E-state index in [0.29, 0.717) is 5.88 Å². The second-order valence-electron chi connectivity index (χ2n) is 4.70. The number of hydrogen-bond donors (Lipinski definition) is 1. The van der Waals surface area contributed by atoms with Crippen LogP contribution in [0.15, 0.2) is 30.5 Å². The SMILES string of the molecule is COc1ccc([C@](C)(O)[C@@H]2C=CCCC2)cn1. The van der Waals surface area contributed by atoms with Gasteiger partial charge in [0.2, 0.25) is 5.88 Å². The first-order valence-corrected chi connectivity index (χ1v) is 6.04. The zero-order chi connectivity index (χ0) is 12.3. The molecule has 0 aliphatic heterocycles. The van der Waals surface area contributed by atoms with Crippen molar-refractivity contribution in [2.75, 3.05) is 7.11 Å². The van der Waals surface area contributed by atoms with E-state index in [1.54, 1.807) is 19.4 Å². The Morgan fingerprint density at radius 1 is 1.47 bits per heavy atom. The van der Waals surface area contributed by atoms with Crippen molar-refractivity contribution in [2.24, 2.45) is 5.92 Å². The lowest BCUT2D eigenvalue weighted by Gasteiger charge is -2.32. The molecule has 3 heteroatoms. The Balaban J connectivity index is 2.23. The van der Waals surface area contributed by atoms with Crippen LogP contribution in [0.5, 0.6) is 5.88 Å². The molecule has 0 saturated heterocycles. The number of nitrogens with zero attached hydrogens (tertiary/aromatic N) is 1. The van der Waals surface area contributed by atoms with E-state index in [0.717, 1.165) is 24.8 Å². The maximum atomic E-state index is 10.6. The fraction of sp³-hybridized carbons (Fsp3) is 0.500. The van der Waals surface area contributed by atoms with Crippen molar-refractivity contribution in [2.45, 2.75) is 31.8 Å². The minimum absolute atomic E-state index is 0.173. The highest BCUT2D eigenvalue weighted by Crippen LogP contribution is 2.35. The number of methoxy groups -OCH3 is 1. The molecule has 2 rings (SSSR count). The molecule has 3 nitrogen and oxygen atoms in total. The largest absolute Gasteiger partial charge is 0.481 e. The van der Waals surface area contributed by atoms with Crippen molar-refractivity contribution >= 4 is 0 Å². The highest BCUT2D eigenvalue weighted by molar-refractivity contribution is 5.25. The standard InChI is InChI=1S/C14H19NO2/c1-14(16,11-6-4-3-5-7-11)12-8-9-13(17-2)15-10-12/h4,6,8-11,16H,3,5,7H2,1-2H3/t11-,14-/m1/s1. The van der Waals surface area contributed by atoms with Crippen LogP contribution in [0.3, 0.4) is 0 Å². The third kappa shape index (κ3) is 2.50. The van der Waals surface area contributed by atoms with Gasteiger partial charge in [-0.1, -0.05) is 12.2 Å². The van der Waals surface area contributed by atoms with Crippen LogP contribution in [0.4, 0.5) is 0 Å². The van der Waals surface area contributed by atoms with Crippen molar-refractivity contribution < 1.29 is 9.84 Å². The predicted molar refractivity (Wildman–Crippen MR) is 66.8 cm³/mol. The highest BCUT2D eigenvalue weighted by Gasteiger charge is 2.32. The fourth-order valence-corrected chi connectivity index (χ4v) is 2.30. The third-order valence-corrected chi connectivity index (χ3v) is 3.51. The molecule has 0 saturated carbocycles. The summed E-state index contributed by atoms with van der Waals surface area (Å²) in [6, 6.07) is 3.67. The molecule has 0 fully saturated rings. The number of allylic oxidation sites excluding steroid dienone is 1. The summed E-state index contributed by atoms with van der Waals surface area (Å²) in [6.45, 7) is 1.86. The van der Waals surface area contributed by atoms with E-state index in [2.05, 4.69) is 17.1 Å². The molecule has 0 bridgehead atoms. The molecule has 0 radical (unpaired) electrons. The summed E-state index contributed by atoms with van der Waals surface area (Å²) < 4.78 is 5.02. The molecule has 0 aromatic carbocycles. The maximum Gasteiger partial charge on any atom is 0.212 e. The first-order valence-electron chi connectivity index (χ1n) is 6.04. The third-order valence-electron chi connectivity index (χ3n) is 3.51. The smallest absolute Gasteiger partial charge is 0.212 e. The summed E-state index contributed by atoms with van der Waals surface area (Å²) in [7, 11) is 1.59. The van der Waals surface area contributed by atoms with Crippen molar-refractivity contribution in [3.8, 4) is 5.88 Å². The monoisotopic (exact) mass is 233 g/mol. The van der Waals surface area contributed by atoms with Gasteiger partial charge in [-0.2, -0.15) is 0 Å². The van der Waals surface area contributed by atoms with Crippen molar-refractivity contribution in [3.63, 3.8) is 0 Å². The molecule has 1 aliphatic rings. The van der Waals surface area contributed by atoms with Crippen LogP contribution < -0.4 is 4.74 Å². The molecule has 1 N–H and O–H groups in total. The summed E-state index contributed by atoms with van der Waals surface area (Å²) in [6.07, 6.45) is 9.25. The molecular formula is C14H19NO2. The molecule has 2 atom stereocenters. The van der Waals surface area contributed by atoms with E-state index in [9.17, 15) is 5.11 Å². The lowest BCUT2D eigenvalue weighted by Crippen LogP contribution is -2.31. The minimum Gasteiger partial charge on any atom is -0.481 e. The van der Waals surface area contributed by atoms with Gasteiger partial charge >= 0.3 is 0 Å². The first-order chi connectivity index (χ1) is 8.14. The average Bonchev–Trinajstić information content (AvgIpc) is 2.40. The van der Waals surface area contributed by atoms with Gasteiger partial charge < -0.3 is 9.84 Å². The van der Waals surface area contributed by atoms with Crippen LogP contribution in [-0.4, -0.2) is 17.2 Å². The average molecular weight is 233 g/mol. The van der Waals surface area contributed by atoms with Crippen LogP contribution in [0.25, 0.3) is 0 Å². The number of hydrogen-bond acceptors (Lipinski definition) is 3. The number of pyridine rings is 1. The predicted octanol–water partition coefficient (Wildman–Crippen LogP) is 2.65. The molecule has 1 aliphatic carbocycles. The van der Waals surface area contributed by atoms with E-state index in [4.69, 9.17) is 4.74 Å². The Morgan fingerprint density at radius 2 is 2.29 bits per heavy atom. The van der Waals surface area contributed by atoms with Crippen LogP contribution in [0, 0.1) is 5.92 Å². The molecule has 17 heavy (non-hydrogen) atoms. The van der Waals surface area contributed by atoms with E-state index >= 15 is 0 Å². The molecule has 0 amide bonds. The van der Waals surface area contributed by atoms with Gasteiger partial charge in [0.15, 0.2) is 0 Å². The summed E-state index contributed by atoms with van der Waals surface area (Å²) in [5.41, 5.74) is -0.00855. The molecule has 1 aromatic heterocycles. The summed E-state index contributed by atoms with van der Waals surface area (Å²) in [5.74, 6) is 0.746. The van der Waals surface area contributed by atoms with Gasteiger partial charge in [0.25, 0.3) is 0 Å². The highest BCUT2D eigenvalue weighted by atomic mass is 16.5. The molecule has 0 spiro atoms. The summed E-state index contributed by atoms with van der Waals surface area (Å²) in [4.78, 5) is 4.15. The van der Waals surface area contributed by atoms with E-state index in [1.165, 1.54) is 0 Å². The Labute approximate surface area is 102 Å². The Kier molecular flexibility index (Phi) is 3.48. The molecule has 1 aromatic rings. The Morgan fingerprint density at radius 3 is 2.82 bits per heavy atom. The van der Waals surface area contributed by atoms with Gasteiger partial charge in [0.1, 0.15) is 0 Å². The Bertz CT molecular complexity index is 395. The van der Waals surface area contributed by atoms with Gasteiger partial charge in [-0.25, -0.2) is 4.98 Å². The van der Waals surface area contributed by atoms with Gasteiger partial charge in [0, 0.05) is 23.7 Å². The summed E-state index contributed by atoms with van der Waals surface area (Å²) in [5, 5.41) is 10.6. The van der Waals surface area contributed by atoms with Gasteiger partial charge in [0.05, 0.1) is 12.7 Å². The molecule has 1 heterocycles.